The molecule has 0 aliphatic carbocycles. The lowest BCUT2D eigenvalue weighted by atomic mass is 9.98. The van der Waals surface area contributed by atoms with E-state index in [9.17, 15) is 0 Å². The lowest BCUT2D eigenvalue weighted by Crippen LogP contribution is -2.44. The standard InChI is InChI=1S/C19H24N2/c1-2-6-17-13-15(8-9-16(17)5-1)14-20-18-10-12-21-11-4-3-7-19(18)21/h1-2,5-6,8-9,13,18-20H,3-4,7,10-12,14H2. The van der Waals surface area contributed by atoms with Crippen molar-refractivity contribution in [2.24, 2.45) is 0 Å². The lowest BCUT2D eigenvalue weighted by Gasteiger charge is -2.32. The van der Waals surface area contributed by atoms with Crippen LogP contribution in [-0.2, 0) is 6.54 Å². The molecule has 0 radical (unpaired) electrons. The summed E-state index contributed by atoms with van der Waals surface area (Å²) >= 11 is 0. The summed E-state index contributed by atoms with van der Waals surface area (Å²) in [5, 5.41) is 6.50. The highest BCUT2D eigenvalue weighted by Crippen LogP contribution is 2.27. The highest BCUT2D eigenvalue weighted by molar-refractivity contribution is 5.82. The second-order valence-corrected chi connectivity index (χ2v) is 6.56. The summed E-state index contributed by atoms with van der Waals surface area (Å²) in [7, 11) is 0. The minimum absolute atomic E-state index is 0.691. The van der Waals surface area contributed by atoms with Gasteiger partial charge in [0.05, 0.1) is 0 Å². The van der Waals surface area contributed by atoms with Gasteiger partial charge < -0.3 is 5.32 Å². The number of rotatable bonds is 3. The first kappa shape index (κ1) is 13.3. The average molecular weight is 280 g/mol. The summed E-state index contributed by atoms with van der Waals surface area (Å²) in [6.45, 7) is 3.61. The van der Waals surface area contributed by atoms with Gasteiger partial charge in [-0.15, -0.1) is 0 Å². The fourth-order valence-corrected chi connectivity index (χ4v) is 4.08. The Morgan fingerprint density at radius 3 is 2.81 bits per heavy atom. The SMILES string of the molecule is c1ccc2cc(CNC3CCN4CCCCC34)ccc2c1. The zero-order valence-electron chi connectivity index (χ0n) is 12.6. The summed E-state index contributed by atoms with van der Waals surface area (Å²) in [6.07, 6.45) is 5.51. The molecule has 1 N–H and O–H groups in total. The van der Waals surface area contributed by atoms with E-state index in [4.69, 9.17) is 0 Å². The van der Waals surface area contributed by atoms with Crippen molar-refractivity contribution in [2.75, 3.05) is 13.1 Å². The van der Waals surface area contributed by atoms with Crippen molar-refractivity contribution >= 4 is 10.8 Å². The summed E-state index contributed by atoms with van der Waals surface area (Å²) in [6, 6.07) is 16.9. The number of hydrogen-bond donors (Lipinski definition) is 1. The van der Waals surface area contributed by atoms with Gasteiger partial charge >= 0.3 is 0 Å². The maximum Gasteiger partial charge on any atom is 0.0249 e. The highest BCUT2D eigenvalue weighted by Gasteiger charge is 2.34. The first-order valence-electron chi connectivity index (χ1n) is 8.35. The predicted molar refractivity (Wildman–Crippen MR) is 88.4 cm³/mol. The molecule has 2 unspecified atom stereocenters. The van der Waals surface area contributed by atoms with Gasteiger partial charge in [0.1, 0.15) is 0 Å². The van der Waals surface area contributed by atoms with Crippen LogP contribution in [0, 0.1) is 0 Å². The predicted octanol–water partition coefficient (Wildman–Crippen LogP) is 3.56. The summed E-state index contributed by atoms with van der Waals surface area (Å²) in [5.74, 6) is 0. The molecule has 2 aromatic carbocycles. The minimum Gasteiger partial charge on any atom is -0.308 e. The first-order chi connectivity index (χ1) is 10.4. The monoisotopic (exact) mass is 280 g/mol. The fourth-order valence-electron chi connectivity index (χ4n) is 4.08. The Labute approximate surface area is 127 Å². The quantitative estimate of drug-likeness (QED) is 0.925. The van der Waals surface area contributed by atoms with Crippen LogP contribution < -0.4 is 5.32 Å². The van der Waals surface area contributed by atoms with E-state index in [0.29, 0.717) is 6.04 Å². The van der Waals surface area contributed by atoms with Crippen LogP contribution in [0.4, 0.5) is 0 Å². The van der Waals surface area contributed by atoms with Gasteiger partial charge in [-0.05, 0) is 48.2 Å². The molecule has 0 amide bonds. The van der Waals surface area contributed by atoms with E-state index in [1.807, 2.05) is 0 Å². The van der Waals surface area contributed by atoms with Crippen LogP contribution in [0.15, 0.2) is 42.5 Å². The summed E-state index contributed by atoms with van der Waals surface area (Å²) < 4.78 is 0. The van der Waals surface area contributed by atoms with Gasteiger partial charge in [-0.1, -0.05) is 42.8 Å². The molecule has 4 rings (SSSR count). The zero-order chi connectivity index (χ0) is 14.1. The number of piperidine rings is 1. The molecule has 0 aromatic heterocycles. The van der Waals surface area contributed by atoms with Gasteiger partial charge in [-0.2, -0.15) is 0 Å². The van der Waals surface area contributed by atoms with Gasteiger partial charge in [0.25, 0.3) is 0 Å². The second kappa shape index (κ2) is 5.78. The molecule has 0 saturated carbocycles. The van der Waals surface area contributed by atoms with Crippen LogP contribution >= 0.6 is 0 Å². The van der Waals surface area contributed by atoms with Crippen LogP contribution in [0.3, 0.4) is 0 Å². The largest absolute Gasteiger partial charge is 0.308 e. The number of fused-ring (bicyclic) bond motifs is 2. The van der Waals surface area contributed by atoms with E-state index in [1.165, 1.54) is 55.1 Å². The van der Waals surface area contributed by atoms with E-state index >= 15 is 0 Å². The van der Waals surface area contributed by atoms with Crippen molar-refractivity contribution < 1.29 is 0 Å². The molecule has 2 heteroatoms. The Morgan fingerprint density at radius 2 is 1.86 bits per heavy atom. The Hall–Kier alpha value is -1.38. The first-order valence-corrected chi connectivity index (χ1v) is 8.35. The average Bonchev–Trinajstić information content (AvgIpc) is 2.96. The molecule has 2 atom stereocenters. The number of benzene rings is 2. The van der Waals surface area contributed by atoms with Crippen LogP contribution in [0.2, 0.25) is 0 Å². The van der Waals surface area contributed by atoms with E-state index < -0.39 is 0 Å². The molecule has 21 heavy (non-hydrogen) atoms. The Bertz CT molecular complexity index is 622. The minimum atomic E-state index is 0.691. The Balaban J connectivity index is 1.43. The van der Waals surface area contributed by atoms with Crippen LogP contribution in [0.1, 0.15) is 31.2 Å². The molecule has 2 saturated heterocycles. The molecule has 2 aliphatic heterocycles. The van der Waals surface area contributed by atoms with Crippen molar-refractivity contribution in [3.05, 3.63) is 48.0 Å². The van der Waals surface area contributed by atoms with E-state index in [-0.39, 0.29) is 0 Å². The Morgan fingerprint density at radius 1 is 0.952 bits per heavy atom. The topological polar surface area (TPSA) is 15.3 Å². The van der Waals surface area contributed by atoms with Gasteiger partial charge in [0, 0.05) is 25.2 Å². The lowest BCUT2D eigenvalue weighted by molar-refractivity contribution is 0.180. The molecule has 0 spiro atoms. The van der Waals surface area contributed by atoms with Gasteiger partial charge in [-0.25, -0.2) is 0 Å². The van der Waals surface area contributed by atoms with Crippen molar-refractivity contribution in [3.8, 4) is 0 Å². The molecule has 0 bridgehead atoms. The van der Waals surface area contributed by atoms with Crippen LogP contribution in [-0.4, -0.2) is 30.1 Å². The smallest absolute Gasteiger partial charge is 0.0249 e. The molecular formula is C19H24N2. The van der Waals surface area contributed by atoms with Crippen molar-refractivity contribution in [1.82, 2.24) is 10.2 Å². The second-order valence-electron chi connectivity index (χ2n) is 6.56. The molecule has 110 valence electrons. The number of nitrogens with zero attached hydrogens (tertiary/aromatic N) is 1. The number of nitrogens with one attached hydrogen (secondary N) is 1. The highest BCUT2D eigenvalue weighted by atomic mass is 15.2. The molecule has 2 aromatic rings. The third-order valence-electron chi connectivity index (χ3n) is 5.24. The van der Waals surface area contributed by atoms with Gasteiger partial charge in [-0.3, -0.25) is 4.90 Å². The fraction of sp³-hybridized carbons (Fsp3) is 0.474. The van der Waals surface area contributed by atoms with E-state index in [2.05, 4.69) is 52.7 Å². The molecule has 2 heterocycles. The molecular weight excluding hydrogens is 256 g/mol. The Kier molecular flexibility index (Phi) is 3.66. The van der Waals surface area contributed by atoms with Gasteiger partial charge in [0.2, 0.25) is 0 Å². The zero-order valence-corrected chi connectivity index (χ0v) is 12.6. The van der Waals surface area contributed by atoms with Crippen molar-refractivity contribution in [2.45, 2.75) is 44.3 Å². The normalized spacial score (nSPS) is 26.1. The van der Waals surface area contributed by atoms with Crippen molar-refractivity contribution in [1.29, 1.82) is 0 Å². The summed E-state index contributed by atoms with van der Waals surface area (Å²) in [4.78, 5) is 2.70. The van der Waals surface area contributed by atoms with Crippen LogP contribution in [0.5, 0.6) is 0 Å². The maximum atomic E-state index is 3.82. The van der Waals surface area contributed by atoms with E-state index in [0.717, 1.165) is 12.6 Å². The van der Waals surface area contributed by atoms with Crippen LogP contribution in [0.25, 0.3) is 10.8 Å². The third kappa shape index (κ3) is 2.70. The maximum absolute atomic E-state index is 3.82. The molecule has 2 aliphatic rings. The van der Waals surface area contributed by atoms with Gasteiger partial charge in [0.15, 0.2) is 0 Å². The molecule has 2 fully saturated rings. The molecule has 2 nitrogen and oxygen atoms in total. The third-order valence-corrected chi connectivity index (χ3v) is 5.24. The number of hydrogen-bond acceptors (Lipinski definition) is 2. The van der Waals surface area contributed by atoms with Crippen molar-refractivity contribution in [3.63, 3.8) is 0 Å². The van der Waals surface area contributed by atoms with E-state index in [1.54, 1.807) is 0 Å². The summed E-state index contributed by atoms with van der Waals surface area (Å²) in [5.41, 5.74) is 1.41.